The highest BCUT2D eigenvalue weighted by Gasteiger charge is 2.27. The molecule has 26 heavy (non-hydrogen) atoms. The van der Waals surface area contributed by atoms with Crippen molar-refractivity contribution in [1.29, 1.82) is 10.5 Å². The summed E-state index contributed by atoms with van der Waals surface area (Å²) in [7, 11) is 0. The molecule has 0 aromatic heterocycles. The van der Waals surface area contributed by atoms with E-state index < -0.39 is 0 Å². The lowest BCUT2D eigenvalue weighted by Crippen LogP contribution is -2.39. The van der Waals surface area contributed by atoms with E-state index in [2.05, 4.69) is 17.0 Å². The minimum absolute atomic E-state index is 0.00783. The molecule has 1 saturated heterocycles. The molecule has 2 aliphatic heterocycles. The van der Waals surface area contributed by atoms with E-state index in [1.165, 1.54) is 0 Å². The quantitative estimate of drug-likeness (QED) is 0.731. The van der Waals surface area contributed by atoms with E-state index in [9.17, 15) is 10.1 Å². The van der Waals surface area contributed by atoms with Crippen LogP contribution in [0.5, 0.6) is 11.5 Å². The van der Waals surface area contributed by atoms with Gasteiger partial charge < -0.3 is 14.4 Å². The molecule has 2 aliphatic rings. The van der Waals surface area contributed by atoms with Gasteiger partial charge in [-0.25, -0.2) is 0 Å². The fourth-order valence-electron chi connectivity index (χ4n) is 3.56. The van der Waals surface area contributed by atoms with Crippen molar-refractivity contribution in [3.05, 3.63) is 23.8 Å². The second kappa shape index (κ2) is 8.69. The maximum Gasteiger partial charge on any atom is 0.166 e. The van der Waals surface area contributed by atoms with Crippen LogP contribution in [0, 0.1) is 34.5 Å². The fraction of sp³-hybridized carbons (Fsp3) is 0.550. The van der Waals surface area contributed by atoms with Gasteiger partial charge in [0, 0.05) is 24.4 Å². The highest BCUT2D eigenvalue weighted by atomic mass is 16.6. The number of nitriles is 2. The van der Waals surface area contributed by atoms with Gasteiger partial charge in [0.25, 0.3) is 0 Å². The second-order valence-corrected chi connectivity index (χ2v) is 6.82. The molecule has 0 spiro atoms. The molecule has 1 atom stereocenters. The number of hydrogen-bond acceptors (Lipinski definition) is 6. The predicted octanol–water partition coefficient (Wildman–Crippen LogP) is 2.80. The standard InChI is InChI=1S/C20H23N3O3/c21-7-1-2-15(13-22)14-23-8-5-16(6-9-23)20(24)17-3-4-18-19(12-17)26-11-10-25-18/h3-4,12,15-16H,1-2,5-6,8-11,14H2. The number of fused-ring (bicyclic) bond motifs is 1. The summed E-state index contributed by atoms with van der Waals surface area (Å²) in [4.78, 5) is 15.0. The number of Topliss-reactive ketones (excluding diaryl/α,β-unsaturated/α-hetero) is 1. The van der Waals surface area contributed by atoms with E-state index in [1.807, 2.05) is 12.1 Å². The lowest BCUT2D eigenvalue weighted by molar-refractivity contribution is 0.0831. The number of hydrogen-bond donors (Lipinski definition) is 0. The van der Waals surface area contributed by atoms with Gasteiger partial charge in [0.05, 0.1) is 18.1 Å². The largest absolute Gasteiger partial charge is 0.486 e. The molecule has 0 saturated carbocycles. The van der Waals surface area contributed by atoms with E-state index in [1.54, 1.807) is 6.07 Å². The number of carbonyl (C=O) groups excluding carboxylic acids is 1. The van der Waals surface area contributed by atoms with Gasteiger partial charge in [0.1, 0.15) is 13.2 Å². The van der Waals surface area contributed by atoms with Crippen molar-refractivity contribution < 1.29 is 14.3 Å². The summed E-state index contributed by atoms with van der Waals surface area (Å²) in [5.41, 5.74) is 0.677. The number of ether oxygens (including phenoxy) is 2. The number of benzene rings is 1. The van der Waals surface area contributed by atoms with Crippen LogP contribution >= 0.6 is 0 Å². The zero-order chi connectivity index (χ0) is 18.4. The van der Waals surface area contributed by atoms with Crippen molar-refractivity contribution >= 4 is 5.78 Å². The Bertz CT molecular complexity index is 727. The molecule has 1 aromatic rings. The van der Waals surface area contributed by atoms with Gasteiger partial charge >= 0.3 is 0 Å². The Balaban J connectivity index is 1.54. The highest BCUT2D eigenvalue weighted by molar-refractivity contribution is 5.98. The summed E-state index contributed by atoms with van der Waals surface area (Å²) in [5, 5.41) is 17.9. The molecular formula is C20H23N3O3. The van der Waals surface area contributed by atoms with Gasteiger partial charge in [-0.3, -0.25) is 4.79 Å². The van der Waals surface area contributed by atoms with Crippen molar-refractivity contribution in [3.8, 4) is 23.6 Å². The topological polar surface area (TPSA) is 86.4 Å². The molecule has 3 rings (SSSR count). The first-order valence-electron chi connectivity index (χ1n) is 9.14. The van der Waals surface area contributed by atoms with Gasteiger partial charge in [-0.1, -0.05) is 0 Å². The van der Waals surface area contributed by atoms with Crippen LogP contribution in [-0.2, 0) is 0 Å². The number of likely N-dealkylation sites (tertiary alicyclic amines) is 1. The van der Waals surface area contributed by atoms with E-state index in [-0.39, 0.29) is 17.6 Å². The number of ketones is 1. The lowest BCUT2D eigenvalue weighted by atomic mass is 9.88. The van der Waals surface area contributed by atoms with E-state index >= 15 is 0 Å². The summed E-state index contributed by atoms with van der Waals surface area (Å²) >= 11 is 0. The van der Waals surface area contributed by atoms with Crippen LogP contribution in [0.15, 0.2) is 18.2 Å². The molecule has 6 heteroatoms. The monoisotopic (exact) mass is 353 g/mol. The second-order valence-electron chi connectivity index (χ2n) is 6.82. The highest BCUT2D eigenvalue weighted by Crippen LogP contribution is 2.32. The average Bonchev–Trinajstić information content (AvgIpc) is 2.70. The predicted molar refractivity (Wildman–Crippen MR) is 94.9 cm³/mol. The molecule has 0 N–H and O–H groups in total. The molecule has 1 unspecified atom stereocenters. The Morgan fingerprint density at radius 2 is 1.92 bits per heavy atom. The van der Waals surface area contributed by atoms with E-state index in [0.717, 1.165) is 25.9 Å². The van der Waals surface area contributed by atoms with Gasteiger partial charge in [-0.2, -0.15) is 10.5 Å². The third-order valence-electron chi connectivity index (χ3n) is 5.05. The fourth-order valence-corrected chi connectivity index (χ4v) is 3.56. The maximum atomic E-state index is 12.8. The molecule has 2 heterocycles. The van der Waals surface area contributed by atoms with Crippen molar-refractivity contribution in [3.63, 3.8) is 0 Å². The Kier molecular flexibility index (Phi) is 6.09. The molecule has 1 aromatic carbocycles. The first-order chi connectivity index (χ1) is 12.7. The Labute approximate surface area is 153 Å². The first-order valence-corrected chi connectivity index (χ1v) is 9.14. The van der Waals surface area contributed by atoms with Gasteiger partial charge in [0.15, 0.2) is 17.3 Å². The molecule has 0 bridgehead atoms. The molecule has 0 radical (unpaired) electrons. The number of nitrogens with zero attached hydrogens (tertiary/aromatic N) is 3. The third kappa shape index (κ3) is 4.33. The molecule has 1 fully saturated rings. The van der Waals surface area contributed by atoms with Crippen molar-refractivity contribution in [1.82, 2.24) is 4.90 Å². The van der Waals surface area contributed by atoms with Crippen LogP contribution in [0.3, 0.4) is 0 Å². The van der Waals surface area contributed by atoms with Gasteiger partial charge in [-0.15, -0.1) is 0 Å². The minimum atomic E-state index is -0.111. The molecule has 6 nitrogen and oxygen atoms in total. The zero-order valence-corrected chi connectivity index (χ0v) is 14.8. The Morgan fingerprint density at radius 3 is 2.62 bits per heavy atom. The number of rotatable bonds is 6. The number of carbonyl (C=O) groups is 1. The van der Waals surface area contributed by atoms with Crippen molar-refractivity contribution in [2.75, 3.05) is 32.8 Å². The summed E-state index contributed by atoms with van der Waals surface area (Å²) in [6.45, 7) is 3.35. The normalized spacial score (nSPS) is 18.5. The molecule has 0 aliphatic carbocycles. The Hall–Kier alpha value is -2.57. The average molecular weight is 353 g/mol. The van der Waals surface area contributed by atoms with Gasteiger partial charge in [0.2, 0.25) is 0 Å². The molecular weight excluding hydrogens is 330 g/mol. The van der Waals surface area contributed by atoms with Crippen LogP contribution in [0.4, 0.5) is 0 Å². The van der Waals surface area contributed by atoms with E-state index in [4.69, 9.17) is 14.7 Å². The first kappa shape index (κ1) is 18.2. The minimum Gasteiger partial charge on any atom is -0.486 e. The summed E-state index contributed by atoms with van der Waals surface area (Å²) in [6.07, 6.45) is 2.62. The summed E-state index contributed by atoms with van der Waals surface area (Å²) < 4.78 is 11.1. The molecule has 0 amide bonds. The van der Waals surface area contributed by atoms with Crippen molar-refractivity contribution in [2.45, 2.75) is 25.7 Å². The van der Waals surface area contributed by atoms with Crippen LogP contribution in [0.25, 0.3) is 0 Å². The summed E-state index contributed by atoms with van der Waals surface area (Å²) in [5.74, 6) is 1.40. The van der Waals surface area contributed by atoms with Crippen LogP contribution in [0.2, 0.25) is 0 Å². The van der Waals surface area contributed by atoms with Crippen molar-refractivity contribution in [2.24, 2.45) is 11.8 Å². The van der Waals surface area contributed by atoms with Crippen LogP contribution in [-0.4, -0.2) is 43.5 Å². The summed E-state index contributed by atoms with van der Waals surface area (Å²) in [6, 6.07) is 9.80. The maximum absolute atomic E-state index is 12.8. The smallest absolute Gasteiger partial charge is 0.166 e. The van der Waals surface area contributed by atoms with Crippen LogP contribution in [0.1, 0.15) is 36.0 Å². The number of piperidine rings is 1. The third-order valence-corrected chi connectivity index (χ3v) is 5.05. The van der Waals surface area contributed by atoms with Crippen LogP contribution < -0.4 is 9.47 Å². The SMILES string of the molecule is N#CCCC(C#N)CN1CCC(C(=O)c2ccc3c(c2)OCCO3)CC1. The zero-order valence-electron chi connectivity index (χ0n) is 14.8. The lowest BCUT2D eigenvalue weighted by Gasteiger charge is -2.32. The molecule has 136 valence electrons. The van der Waals surface area contributed by atoms with Gasteiger partial charge in [-0.05, 0) is 50.6 Å². The Morgan fingerprint density at radius 1 is 1.19 bits per heavy atom. The van der Waals surface area contributed by atoms with E-state index in [0.29, 0.717) is 49.7 Å².